The molecule has 0 bridgehead atoms. The van der Waals surface area contributed by atoms with Gasteiger partial charge in [0.1, 0.15) is 0 Å². The van der Waals surface area contributed by atoms with Gasteiger partial charge in [0.15, 0.2) is 0 Å². The molecule has 14 heavy (non-hydrogen) atoms. The lowest BCUT2D eigenvalue weighted by Crippen LogP contribution is -2.40. The molecule has 0 N–H and O–H groups in total. The molecule has 1 fully saturated rings. The van der Waals surface area contributed by atoms with Crippen molar-refractivity contribution in [3.8, 4) is 0 Å². The van der Waals surface area contributed by atoms with Crippen molar-refractivity contribution in [2.75, 3.05) is 26.3 Å². The quantitative estimate of drug-likeness (QED) is 0.739. The fourth-order valence-electron chi connectivity index (χ4n) is 1.53. The Bertz CT molecular complexity index is 257. The van der Waals surface area contributed by atoms with Gasteiger partial charge in [-0.15, -0.1) is 11.8 Å². The Labute approximate surface area is 93.3 Å². The van der Waals surface area contributed by atoms with E-state index in [-0.39, 0.29) is 0 Å². The normalized spacial score (nSPS) is 20.9. The van der Waals surface area contributed by atoms with Crippen molar-refractivity contribution >= 4 is 23.1 Å². The van der Waals surface area contributed by atoms with Crippen molar-refractivity contribution in [1.29, 1.82) is 0 Å². The molecule has 1 aliphatic rings. The molecule has 1 aromatic rings. The van der Waals surface area contributed by atoms with Crippen LogP contribution in [0.1, 0.15) is 6.92 Å². The average molecular weight is 229 g/mol. The standard InChI is InChI=1S/C10H15NOS2/c1-9(11-3-5-12-6-4-11)14-10-2-7-13-8-10/h2,7-9H,3-6H2,1H3/t9-/m0/s1. The highest BCUT2D eigenvalue weighted by atomic mass is 32.2. The fraction of sp³-hybridized carbons (Fsp3) is 0.600. The van der Waals surface area contributed by atoms with E-state index in [9.17, 15) is 0 Å². The van der Waals surface area contributed by atoms with Crippen LogP contribution in [0.2, 0.25) is 0 Å². The van der Waals surface area contributed by atoms with E-state index in [2.05, 4.69) is 28.7 Å². The molecule has 0 spiro atoms. The zero-order valence-electron chi connectivity index (χ0n) is 8.31. The van der Waals surface area contributed by atoms with Gasteiger partial charge in [0.05, 0.1) is 18.6 Å². The molecule has 0 radical (unpaired) electrons. The second kappa shape index (κ2) is 5.16. The monoisotopic (exact) mass is 229 g/mol. The molecular formula is C10H15NOS2. The Morgan fingerprint density at radius 2 is 2.29 bits per heavy atom. The minimum absolute atomic E-state index is 0.563. The highest BCUT2D eigenvalue weighted by Crippen LogP contribution is 2.27. The Kier molecular flexibility index (Phi) is 3.87. The molecule has 0 aliphatic carbocycles. The number of rotatable bonds is 3. The van der Waals surface area contributed by atoms with Gasteiger partial charge < -0.3 is 4.74 Å². The lowest BCUT2D eigenvalue weighted by atomic mass is 10.4. The van der Waals surface area contributed by atoms with Gasteiger partial charge in [-0.3, -0.25) is 4.90 Å². The topological polar surface area (TPSA) is 12.5 Å². The van der Waals surface area contributed by atoms with E-state index >= 15 is 0 Å². The van der Waals surface area contributed by atoms with Crippen LogP contribution in [0, 0.1) is 0 Å². The molecule has 1 atom stereocenters. The molecule has 1 aliphatic heterocycles. The van der Waals surface area contributed by atoms with Crippen LogP contribution in [-0.4, -0.2) is 36.6 Å². The van der Waals surface area contributed by atoms with Crippen LogP contribution in [0.15, 0.2) is 21.7 Å². The molecule has 1 saturated heterocycles. The second-order valence-electron chi connectivity index (χ2n) is 3.32. The van der Waals surface area contributed by atoms with Crippen molar-refractivity contribution in [1.82, 2.24) is 4.90 Å². The number of thioether (sulfide) groups is 1. The van der Waals surface area contributed by atoms with E-state index in [4.69, 9.17) is 4.74 Å². The molecular weight excluding hydrogens is 214 g/mol. The molecule has 0 unspecified atom stereocenters. The largest absolute Gasteiger partial charge is 0.379 e. The SMILES string of the molecule is C[C@H](Sc1ccsc1)N1CCOCC1. The molecule has 0 saturated carbocycles. The van der Waals surface area contributed by atoms with Gasteiger partial charge in [-0.05, 0) is 18.4 Å². The van der Waals surface area contributed by atoms with Crippen LogP contribution in [0.5, 0.6) is 0 Å². The number of morpholine rings is 1. The van der Waals surface area contributed by atoms with Crippen LogP contribution >= 0.6 is 23.1 Å². The van der Waals surface area contributed by atoms with Crippen LogP contribution in [0.25, 0.3) is 0 Å². The number of hydrogen-bond donors (Lipinski definition) is 0. The van der Waals surface area contributed by atoms with Crippen molar-refractivity contribution in [2.24, 2.45) is 0 Å². The predicted octanol–water partition coefficient (Wildman–Crippen LogP) is 2.52. The third-order valence-electron chi connectivity index (χ3n) is 2.36. The summed E-state index contributed by atoms with van der Waals surface area (Å²) in [6.07, 6.45) is 0. The first-order chi connectivity index (χ1) is 6.86. The highest BCUT2D eigenvalue weighted by Gasteiger charge is 2.17. The summed E-state index contributed by atoms with van der Waals surface area (Å²) in [4.78, 5) is 3.86. The molecule has 4 heteroatoms. The summed E-state index contributed by atoms with van der Waals surface area (Å²) in [5.74, 6) is 0. The van der Waals surface area contributed by atoms with Crippen LogP contribution < -0.4 is 0 Å². The molecule has 2 rings (SSSR count). The zero-order chi connectivity index (χ0) is 9.80. The molecule has 0 amide bonds. The van der Waals surface area contributed by atoms with Crippen molar-refractivity contribution in [3.63, 3.8) is 0 Å². The maximum atomic E-state index is 5.34. The van der Waals surface area contributed by atoms with Crippen LogP contribution in [0.3, 0.4) is 0 Å². The molecule has 0 aromatic carbocycles. The van der Waals surface area contributed by atoms with Crippen molar-refractivity contribution in [2.45, 2.75) is 17.2 Å². The maximum Gasteiger partial charge on any atom is 0.0594 e. The minimum atomic E-state index is 0.563. The molecule has 1 aromatic heterocycles. The minimum Gasteiger partial charge on any atom is -0.379 e. The number of nitrogens with zero attached hydrogens (tertiary/aromatic N) is 1. The summed E-state index contributed by atoms with van der Waals surface area (Å²) in [5, 5.41) is 4.91. The summed E-state index contributed by atoms with van der Waals surface area (Å²) >= 11 is 3.70. The summed E-state index contributed by atoms with van der Waals surface area (Å²) < 4.78 is 5.34. The third kappa shape index (κ3) is 2.73. The van der Waals surface area contributed by atoms with E-state index < -0.39 is 0 Å². The fourth-order valence-corrected chi connectivity index (χ4v) is 3.42. The first-order valence-corrected chi connectivity index (χ1v) is 6.69. The third-order valence-corrected chi connectivity index (χ3v) is 4.36. The van der Waals surface area contributed by atoms with Crippen molar-refractivity contribution in [3.05, 3.63) is 16.8 Å². The first kappa shape index (κ1) is 10.5. The number of thiophene rings is 1. The first-order valence-electron chi connectivity index (χ1n) is 4.87. The predicted molar refractivity (Wildman–Crippen MR) is 62.0 cm³/mol. The Hall–Kier alpha value is -0.0300. The van der Waals surface area contributed by atoms with E-state index in [1.165, 1.54) is 4.90 Å². The van der Waals surface area contributed by atoms with E-state index in [1.54, 1.807) is 11.3 Å². The summed E-state index contributed by atoms with van der Waals surface area (Å²) in [6.45, 7) is 6.17. The van der Waals surface area contributed by atoms with Crippen LogP contribution in [-0.2, 0) is 4.74 Å². The maximum absolute atomic E-state index is 5.34. The smallest absolute Gasteiger partial charge is 0.0594 e. The Morgan fingerprint density at radius 3 is 2.93 bits per heavy atom. The van der Waals surface area contributed by atoms with E-state index in [1.807, 2.05) is 11.8 Å². The van der Waals surface area contributed by atoms with E-state index in [0.29, 0.717) is 5.37 Å². The summed E-state index contributed by atoms with van der Waals surface area (Å²) in [7, 11) is 0. The molecule has 78 valence electrons. The van der Waals surface area contributed by atoms with Gasteiger partial charge in [-0.2, -0.15) is 11.3 Å². The second-order valence-corrected chi connectivity index (χ2v) is 5.49. The summed E-state index contributed by atoms with van der Waals surface area (Å²) in [5.41, 5.74) is 0. The zero-order valence-corrected chi connectivity index (χ0v) is 9.94. The van der Waals surface area contributed by atoms with E-state index in [0.717, 1.165) is 26.3 Å². The highest BCUT2D eigenvalue weighted by molar-refractivity contribution is 8.00. The van der Waals surface area contributed by atoms with Gasteiger partial charge in [-0.25, -0.2) is 0 Å². The van der Waals surface area contributed by atoms with Gasteiger partial charge in [0.25, 0.3) is 0 Å². The lowest BCUT2D eigenvalue weighted by Gasteiger charge is -2.31. The number of hydrogen-bond acceptors (Lipinski definition) is 4. The van der Waals surface area contributed by atoms with Crippen LogP contribution in [0.4, 0.5) is 0 Å². The summed E-state index contributed by atoms with van der Waals surface area (Å²) in [6, 6.07) is 2.19. The Balaban J connectivity index is 1.85. The van der Waals surface area contributed by atoms with Gasteiger partial charge in [0.2, 0.25) is 0 Å². The average Bonchev–Trinajstić information content (AvgIpc) is 2.72. The number of ether oxygens (including phenoxy) is 1. The van der Waals surface area contributed by atoms with Gasteiger partial charge in [-0.1, -0.05) is 0 Å². The van der Waals surface area contributed by atoms with Gasteiger partial charge in [0, 0.05) is 23.4 Å². The lowest BCUT2D eigenvalue weighted by molar-refractivity contribution is 0.0351. The van der Waals surface area contributed by atoms with Gasteiger partial charge >= 0.3 is 0 Å². The molecule has 2 heterocycles. The Morgan fingerprint density at radius 1 is 1.50 bits per heavy atom. The molecule has 2 nitrogen and oxygen atoms in total. The van der Waals surface area contributed by atoms with Crippen molar-refractivity contribution < 1.29 is 4.74 Å².